The summed E-state index contributed by atoms with van der Waals surface area (Å²) in [7, 11) is 0. The van der Waals surface area contributed by atoms with Crippen molar-refractivity contribution < 1.29 is 9.21 Å². The van der Waals surface area contributed by atoms with Crippen LogP contribution >= 0.6 is 0 Å². The smallest absolute Gasteiger partial charge is 0.216 e. The predicted octanol–water partition coefficient (Wildman–Crippen LogP) is 1.23. The maximum atomic E-state index is 11.5. The van der Waals surface area contributed by atoms with Crippen LogP contribution in [0.25, 0.3) is 0 Å². The molecule has 1 heterocycles. The molecule has 0 aliphatic rings. The molecule has 13 heavy (non-hydrogen) atoms. The van der Waals surface area contributed by atoms with Gasteiger partial charge >= 0.3 is 0 Å². The molecular formula is C9H14N2O2. The van der Waals surface area contributed by atoms with Crippen LogP contribution in [0.3, 0.4) is 0 Å². The first kappa shape index (κ1) is 9.92. The highest BCUT2D eigenvalue weighted by atomic mass is 16.3. The van der Waals surface area contributed by atoms with E-state index in [9.17, 15) is 4.79 Å². The zero-order chi connectivity index (χ0) is 9.84. The van der Waals surface area contributed by atoms with Crippen LogP contribution < -0.4 is 5.73 Å². The van der Waals surface area contributed by atoms with Crippen LogP contribution in [0.2, 0.25) is 0 Å². The highest BCUT2D eigenvalue weighted by molar-refractivity contribution is 5.97. The molecule has 0 aromatic carbocycles. The van der Waals surface area contributed by atoms with Gasteiger partial charge in [-0.3, -0.25) is 4.79 Å². The molecule has 0 spiro atoms. The van der Waals surface area contributed by atoms with Crippen molar-refractivity contribution in [1.82, 2.24) is 4.98 Å². The minimum atomic E-state index is -0.479. The van der Waals surface area contributed by atoms with Crippen molar-refractivity contribution in [3.05, 3.63) is 18.4 Å². The number of aromatic nitrogens is 1. The molecule has 1 rings (SSSR count). The van der Waals surface area contributed by atoms with E-state index in [0.717, 1.165) is 0 Å². The summed E-state index contributed by atoms with van der Waals surface area (Å²) in [5.74, 6) is 0.473. The molecule has 4 nitrogen and oxygen atoms in total. The molecule has 0 radical (unpaired) electrons. The summed E-state index contributed by atoms with van der Waals surface area (Å²) in [6.07, 6.45) is 3.29. The first-order valence-electron chi connectivity index (χ1n) is 4.29. The van der Waals surface area contributed by atoms with E-state index >= 15 is 0 Å². The van der Waals surface area contributed by atoms with Crippen molar-refractivity contribution in [2.45, 2.75) is 26.3 Å². The molecule has 1 aromatic rings. The average molecular weight is 182 g/mol. The molecule has 0 amide bonds. The minimum Gasteiger partial charge on any atom is -0.440 e. The summed E-state index contributed by atoms with van der Waals surface area (Å²) in [6, 6.07) is -0.479. The Bertz CT molecular complexity index is 267. The fourth-order valence-corrected chi connectivity index (χ4v) is 1.14. The molecule has 0 fully saturated rings. The van der Waals surface area contributed by atoms with E-state index in [1.165, 1.54) is 12.6 Å². The number of Topliss-reactive ketones (excluding diaryl/α,β-unsaturated/α-hetero) is 1. The summed E-state index contributed by atoms with van der Waals surface area (Å²) in [4.78, 5) is 15.1. The standard InChI is InChI=1S/C9H14N2O2/c1-6(2)3-7(10)9(12)8-4-11-5-13-8/h4-7H,3,10H2,1-2H3. The van der Waals surface area contributed by atoms with Gasteiger partial charge in [0.1, 0.15) is 0 Å². The van der Waals surface area contributed by atoms with Crippen LogP contribution in [0.1, 0.15) is 30.8 Å². The van der Waals surface area contributed by atoms with Gasteiger partial charge in [0.15, 0.2) is 12.2 Å². The highest BCUT2D eigenvalue weighted by Gasteiger charge is 2.19. The first-order chi connectivity index (χ1) is 6.11. The summed E-state index contributed by atoms with van der Waals surface area (Å²) < 4.78 is 4.86. The van der Waals surface area contributed by atoms with Crippen molar-refractivity contribution in [1.29, 1.82) is 0 Å². The topological polar surface area (TPSA) is 69.1 Å². The lowest BCUT2D eigenvalue weighted by Gasteiger charge is -2.10. The number of hydrogen-bond donors (Lipinski definition) is 1. The van der Waals surface area contributed by atoms with Crippen LogP contribution in [0, 0.1) is 5.92 Å². The third-order valence-electron chi connectivity index (χ3n) is 1.74. The van der Waals surface area contributed by atoms with Crippen molar-refractivity contribution in [3.63, 3.8) is 0 Å². The molecule has 0 bridgehead atoms. The molecule has 0 saturated carbocycles. The van der Waals surface area contributed by atoms with Crippen LogP contribution in [-0.4, -0.2) is 16.8 Å². The highest BCUT2D eigenvalue weighted by Crippen LogP contribution is 2.08. The molecule has 0 saturated heterocycles. The van der Waals surface area contributed by atoms with Gasteiger partial charge in [-0.05, 0) is 12.3 Å². The average Bonchev–Trinajstić information content (AvgIpc) is 2.53. The van der Waals surface area contributed by atoms with Crippen LogP contribution in [0.4, 0.5) is 0 Å². The van der Waals surface area contributed by atoms with Crippen LogP contribution in [0.5, 0.6) is 0 Å². The van der Waals surface area contributed by atoms with Gasteiger partial charge in [-0.15, -0.1) is 0 Å². The number of carbonyl (C=O) groups is 1. The summed E-state index contributed by atoms with van der Waals surface area (Å²) in [5.41, 5.74) is 5.67. The number of nitrogens with zero attached hydrogens (tertiary/aromatic N) is 1. The maximum absolute atomic E-state index is 11.5. The van der Waals surface area contributed by atoms with E-state index in [-0.39, 0.29) is 11.5 Å². The first-order valence-corrected chi connectivity index (χ1v) is 4.29. The van der Waals surface area contributed by atoms with E-state index in [4.69, 9.17) is 10.2 Å². The monoisotopic (exact) mass is 182 g/mol. The fourth-order valence-electron chi connectivity index (χ4n) is 1.14. The Morgan fingerprint density at radius 3 is 2.85 bits per heavy atom. The number of hydrogen-bond acceptors (Lipinski definition) is 4. The molecule has 2 N–H and O–H groups in total. The molecule has 72 valence electrons. The second-order valence-electron chi connectivity index (χ2n) is 3.47. The van der Waals surface area contributed by atoms with Crippen molar-refractivity contribution in [3.8, 4) is 0 Å². The second-order valence-corrected chi connectivity index (χ2v) is 3.47. The van der Waals surface area contributed by atoms with Gasteiger partial charge in [0.25, 0.3) is 0 Å². The molecule has 1 atom stereocenters. The lowest BCUT2D eigenvalue weighted by molar-refractivity contribution is 0.0923. The molecule has 1 aromatic heterocycles. The number of carbonyl (C=O) groups excluding carboxylic acids is 1. The number of ketones is 1. The molecule has 4 heteroatoms. The van der Waals surface area contributed by atoms with Crippen LogP contribution in [-0.2, 0) is 0 Å². The van der Waals surface area contributed by atoms with Gasteiger partial charge in [0, 0.05) is 0 Å². The van der Waals surface area contributed by atoms with Crippen LogP contribution in [0.15, 0.2) is 17.0 Å². The van der Waals surface area contributed by atoms with Gasteiger partial charge < -0.3 is 10.2 Å². The molecule has 0 aliphatic carbocycles. The Morgan fingerprint density at radius 2 is 2.38 bits per heavy atom. The van der Waals surface area contributed by atoms with Gasteiger partial charge in [0.2, 0.25) is 5.78 Å². The van der Waals surface area contributed by atoms with E-state index < -0.39 is 6.04 Å². The Labute approximate surface area is 77.1 Å². The van der Waals surface area contributed by atoms with Gasteiger partial charge in [0.05, 0.1) is 12.2 Å². The third-order valence-corrected chi connectivity index (χ3v) is 1.74. The van der Waals surface area contributed by atoms with Gasteiger partial charge in [-0.2, -0.15) is 0 Å². The van der Waals surface area contributed by atoms with Crippen molar-refractivity contribution in [2.75, 3.05) is 0 Å². The Balaban J connectivity index is 2.58. The number of oxazole rings is 1. The summed E-state index contributed by atoms with van der Waals surface area (Å²) in [6.45, 7) is 4.04. The normalized spacial score (nSPS) is 13.2. The number of nitrogens with two attached hydrogens (primary N) is 1. The quantitative estimate of drug-likeness (QED) is 0.711. The van der Waals surface area contributed by atoms with E-state index in [0.29, 0.717) is 12.3 Å². The molecule has 1 unspecified atom stereocenters. The van der Waals surface area contributed by atoms with E-state index in [1.54, 1.807) is 0 Å². The Morgan fingerprint density at radius 1 is 1.69 bits per heavy atom. The van der Waals surface area contributed by atoms with E-state index in [2.05, 4.69) is 4.98 Å². The SMILES string of the molecule is CC(C)CC(N)C(=O)c1cnco1. The molecule has 0 aliphatic heterocycles. The van der Waals surface area contributed by atoms with Gasteiger partial charge in [-0.1, -0.05) is 13.8 Å². The zero-order valence-electron chi connectivity index (χ0n) is 7.86. The molecular weight excluding hydrogens is 168 g/mol. The third kappa shape index (κ3) is 2.66. The largest absolute Gasteiger partial charge is 0.440 e. The zero-order valence-corrected chi connectivity index (χ0v) is 7.86. The summed E-state index contributed by atoms with van der Waals surface area (Å²) >= 11 is 0. The lowest BCUT2D eigenvalue weighted by Crippen LogP contribution is -2.31. The fraction of sp³-hybridized carbons (Fsp3) is 0.556. The Kier molecular flexibility index (Phi) is 3.19. The lowest BCUT2D eigenvalue weighted by atomic mass is 10.0. The van der Waals surface area contributed by atoms with Gasteiger partial charge in [-0.25, -0.2) is 4.98 Å². The minimum absolute atomic E-state index is 0.175. The van der Waals surface area contributed by atoms with Crippen molar-refractivity contribution >= 4 is 5.78 Å². The van der Waals surface area contributed by atoms with E-state index in [1.807, 2.05) is 13.8 Å². The summed E-state index contributed by atoms with van der Waals surface area (Å²) in [5, 5.41) is 0. The van der Waals surface area contributed by atoms with Crippen molar-refractivity contribution in [2.24, 2.45) is 11.7 Å². The predicted molar refractivity (Wildman–Crippen MR) is 48.3 cm³/mol. The number of rotatable bonds is 4. The Hall–Kier alpha value is -1.16. The maximum Gasteiger partial charge on any atom is 0.216 e. The second kappa shape index (κ2) is 4.18.